The zero-order valence-electron chi connectivity index (χ0n) is 15.9. The van der Waals surface area contributed by atoms with Gasteiger partial charge in [-0.3, -0.25) is 9.69 Å². The number of benzene rings is 2. The van der Waals surface area contributed by atoms with E-state index in [1.165, 1.54) is 29.0 Å². The maximum atomic E-state index is 14.2. The summed E-state index contributed by atoms with van der Waals surface area (Å²) in [6, 6.07) is 12.3. The van der Waals surface area contributed by atoms with Crippen LogP contribution < -0.4 is 4.90 Å². The molecule has 0 spiro atoms. The normalized spacial score (nSPS) is 11.3. The first-order valence-electron chi connectivity index (χ1n) is 9.10. The van der Waals surface area contributed by atoms with Gasteiger partial charge in [0.1, 0.15) is 5.82 Å². The van der Waals surface area contributed by atoms with Gasteiger partial charge in [-0.1, -0.05) is 36.5 Å². The SMILES string of the molecule is CCc1ccc2nc(N(CCCN(C)C)C(=O)c3ccccc3F)sc2c1. The first-order chi connectivity index (χ1) is 13.0. The van der Waals surface area contributed by atoms with Gasteiger partial charge in [0.25, 0.3) is 5.91 Å². The fourth-order valence-electron chi connectivity index (χ4n) is 2.90. The Morgan fingerprint density at radius 2 is 1.93 bits per heavy atom. The molecule has 0 unspecified atom stereocenters. The highest BCUT2D eigenvalue weighted by molar-refractivity contribution is 7.22. The Kier molecular flexibility index (Phi) is 6.19. The van der Waals surface area contributed by atoms with Gasteiger partial charge >= 0.3 is 0 Å². The Balaban J connectivity index is 1.96. The zero-order chi connectivity index (χ0) is 19.4. The zero-order valence-corrected chi connectivity index (χ0v) is 16.7. The molecular formula is C21H24FN3OS. The van der Waals surface area contributed by atoms with Crippen molar-refractivity contribution in [2.24, 2.45) is 0 Å². The molecule has 3 rings (SSSR count). The molecule has 0 N–H and O–H groups in total. The number of rotatable bonds is 7. The van der Waals surface area contributed by atoms with E-state index in [1.54, 1.807) is 17.0 Å². The van der Waals surface area contributed by atoms with Crippen LogP contribution in [0.5, 0.6) is 0 Å². The van der Waals surface area contributed by atoms with Crippen LogP contribution in [0.2, 0.25) is 0 Å². The van der Waals surface area contributed by atoms with Gasteiger partial charge in [-0.15, -0.1) is 0 Å². The van der Waals surface area contributed by atoms with Crippen LogP contribution in [0, 0.1) is 5.82 Å². The summed E-state index contributed by atoms with van der Waals surface area (Å²) in [5.74, 6) is -0.851. The van der Waals surface area contributed by atoms with Gasteiger partial charge in [-0.05, 0) is 63.3 Å². The van der Waals surface area contributed by atoms with Gasteiger partial charge < -0.3 is 4.90 Å². The standard InChI is InChI=1S/C21H24FN3OS/c1-4-15-10-11-18-19(14-15)27-21(23-18)25(13-7-12-24(2)3)20(26)16-8-5-6-9-17(16)22/h5-6,8-11,14H,4,7,12-13H2,1-3H3. The number of carbonyl (C=O) groups excluding carboxylic acids is 1. The molecule has 0 aliphatic rings. The molecule has 1 amide bonds. The van der Waals surface area contributed by atoms with Crippen molar-refractivity contribution in [2.75, 3.05) is 32.1 Å². The summed E-state index contributed by atoms with van der Waals surface area (Å²) in [6.45, 7) is 3.44. The molecule has 0 bridgehead atoms. The van der Waals surface area contributed by atoms with Crippen LogP contribution in [0.25, 0.3) is 10.2 Å². The summed E-state index contributed by atoms with van der Waals surface area (Å²) in [4.78, 5) is 21.4. The van der Waals surface area contributed by atoms with Crippen LogP contribution in [0.3, 0.4) is 0 Å². The third kappa shape index (κ3) is 4.51. The van der Waals surface area contributed by atoms with E-state index in [4.69, 9.17) is 0 Å². The van der Waals surface area contributed by atoms with Gasteiger partial charge in [0.15, 0.2) is 5.13 Å². The van der Waals surface area contributed by atoms with Crippen LogP contribution in [-0.4, -0.2) is 43.0 Å². The molecule has 142 valence electrons. The predicted octanol–water partition coefficient (Wildman–Crippen LogP) is 4.60. The van der Waals surface area contributed by atoms with Crippen LogP contribution in [0.1, 0.15) is 29.3 Å². The molecule has 0 atom stereocenters. The highest BCUT2D eigenvalue weighted by Crippen LogP contribution is 2.31. The number of nitrogens with zero attached hydrogens (tertiary/aromatic N) is 3. The van der Waals surface area contributed by atoms with E-state index in [-0.39, 0.29) is 11.5 Å². The molecule has 0 aliphatic carbocycles. The molecule has 0 radical (unpaired) electrons. The molecule has 3 aromatic rings. The number of anilines is 1. The minimum atomic E-state index is -0.505. The van der Waals surface area contributed by atoms with Crippen LogP contribution in [-0.2, 0) is 6.42 Å². The van der Waals surface area contributed by atoms with Crippen LogP contribution in [0.4, 0.5) is 9.52 Å². The number of carbonyl (C=O) groups is 1. The number of thiazole rings is 1. The summed E-state index contributed by atoms with van der Waals surface area (Å²) in [5.41, 5.74) is 2.18. The van der Waals surface area contributed by atoms with Crippen molar-refractivity contribution in [3.05, 3.63) is 59.4 Å². The Bertz CT molecular complexity index is 938. The number of halogens is 1. The Morgan fingerprint density at radius 3 is 2.63 bits per heavy atom. The molecule has 0 saturated heterocycles. The number of aromatic nitrogens is 1. The summed E-state index contributed by atoms with van der Waals surface area (Å²) < 4.78 is 15.2. The van der Waals surface area contributed by atoms with Crippen LogP contribution >= 0.6 is 11.3 Å². The van der Waals surface area contributed by atoms with E-state index in [9.17, 15) is 9.18 Å². The average molecular weight is 386 g/mol. The maximum absolute atomic E-state index is 14.2. The van der Waals surface area contributed by atoms with Gasteiger partial charge in [0, 0.05) is 6.54 Å². The van der Waals surface area contributed by atoms with Gasteiger partial charge in [-0.2, -0.15) is 0 Å². The molecule has 1 aromatic heterocycles. The van der Waals surface area contributed by atoms with Crippen molar-refractivity contribution in [3.63, 3.8) is 0 Å². The van der Waals surface area contributed by atoms with Crippen molar-refractivity contribution < 1.29 is 9.18 Å². The topological polar surface area (TPSA) is 36.4 Å². The number of fused-ring (bicyclic) bond motifs is 1. The third-order valence-electron chi connectivity index (χ3n) is 4.42. The second-order valence-corrected chi connectivity index (χ2v) is 7.75. The maximum Gasteiger partial charge on any atom is 0.263 e. The molecular weight excluding hydrogens is 361 g/mol. The fraction of sp³-hybridized carbons (Fsp3) is 0.333. The summed E-state index contributed by atoms with van der Waals surface area (Å²) in [5, 5.41) is 0.616. The summed E-state index contributed by atoms with van der Waals surface area (Å²) >= 11 is 1.48. The van der Waals surface area contributed by atoms with Crippen molar-refractivity contribution in [2.45, 2.75) is 19.8 Å². The van der Waals surface area contributed by atoms with Gasteiger partial charge in [0.2, 0.25) is 0 Å². The molecule has 0 aliphatic heterocycles. The highest BCUT2D eigenvalue weighted by Gasteiger charge is 2.23. The number of hydrogen-bond acceptors (Lipinski definition) is 4. The van der Waals surface area contributed by atoms with E-state index in [0.717, 1.165) is 29.6 Å². The first kappa shape index (κ1) is 19.5. The monoisotopic (exact) mass is 385 g/mol. The van der Waals surface area contributed by atoms with Gasteiger partial charge in [0.05, 0.1) is 15.8 Å². The van der Waals surface area contributed by atoms with E-state index in [1.807, 2.05) is 20.2 Å². The average Bonchev–Trinajstić information content (AvgIpc) is 3.07. The quantitative estimate of drug-likeness (QED) is 0.597. The Morgan fingerprint density at radius 1 is 1.15 bits per heavy atom. The highest BCUT2D eigenvalue weighted by atomic mass is 32.1. The fourth-order valence-corrected chi connectivity index (χ4v) is 3.96. The van der Waals surface area contributed by atoms with Crippen molar-refractivity contribution in [1.29, 1.82) is 0 Å². The second-order valence-electron chi connectivity index (χ2n) is 6.75. The molecule has 6 heteroatoms. The van der Waals surface area contributed by atoms with Crippen molar-refractivity contribution in [1.82, 2.24) is 9.88 Å². The Hall–Kier alpha value is -2.31. The number of hydrogen-bond donors (Lipinski definition) is 0. The summed E-state index contributed by atoms with van der Waals surface area (Å²) in [6.07, 6.45) is 1.73. The smallest absolute Gasteiger partial charge is 0.263 e. The third-order valence-corrected chi connectivity index (χ3v) is 5.46. The van der Waals surface area contributed by atoms with E-state index < -0.39 is 5.82 Å². The number of amides is 1. The molecule has 0 fully saturated rings. The molecule has 27 heavy (non-hydrogen) atoms. The van der Waals surface area contributed by atoms with E-state index >= 15 is 0 Å². The van der Waals surface area contributed by atoms with E-state index in [2.05, 4.69) is 28.9 Å². The molecule has 0 saturated carbocycles. The molecule has 2 aromatic carbocycles. The number of aryl methyl sites for hydroxylation is 1. The van der Waals surface area contributed by atoms with Crippen LogP contribution in [0.15, 0.2) is 42.5 Å². The summed E-state index contributed by atoms with van der Waals surface area (Å²) in [7, 11) is 3.99. The lowest BCUT2D eigenvalue weighted by atomic mass is 10.2. The minimum absolute atomic E-state index is 0.0795. The van der Waals surface area contributed by atoms with Crippen molar-refractivity contribution in [3.8, 4) is 0 Å². The molecule has 4 nitrogen and oxygen atoms in total. The van der Waals surface area contributed by atoms with Gasteiger partial charge in [-0.25, -0.2) is 9.37 Å². The lowest BCUT2D eigenvalue weighted by Crippen LogP contribution is -2.34. The predicted molar refractivity (Wildman–Crippen MR) is 110 cm³/mol. The largest absolute Gasteiger partial charge is 0.309 e. The van der Waals surface area contributed by atoms with E-state index in [0.29, 0.717) is 11.7 Å². The first-order valence-corrected chi connectivity index (χ1v) is 9.92. The Labute approximate surface area is 163 Å². The minimum Gasteiger partial charge on any atom is -0.309 e. The van der Waals surface area contributed by atoms with Crippen molar-refractivity contribution >= 4 is 32.6 Å². The lowest BCUT2D eigenvalue weighted by Gasteiger charge is -2.21. The lowest BCUT2D eigenvalue weighted by molar-refractivity contribution is 0.0982. The second kappa shape index (κ2) is 8.59. The molecule has 1 heterocycles.